The molecule has 0 radical (unpaired) electrons. The molecule has 6 heteroatoms. The number of benzene rings is 2. The van der Waals surface area contributed by atoms with Crippen LogP contribution in [-0.2, 0) is 16.1 Å². The first kappa shape index (κ1) is 18.4. The van der Waals surface area contributed by atoms with E-state index in [1.54, 1.807) is 18.2 Å². The van der Waals surface area contributed by atoms with E-state index < -0.39 is 5.97 Å². The summed E-state index contributed by atoms with van der Waals surface area (Å²) in [6, 6.07) is 14.6. The van der Waals surface area contributed by atoms with Gasteiger partial charge in [0.25, 0.3) is 0 Å². The van der Waals surface area contributed by atoms with Crippen molar-refractivity contribution >= 4 is 17.0 Å². The van der Waals surface area contributed by atoms with Crippen LogP contribution in [0.5, 0.6) is 5.75 Å². The minimum Gasteiger partial charge on any atom is -0.491 e. The largest absolute Gasteiger partial charge is 0.491 e. The molecule has 0 N–H and O–H groups in total. The SMILES string of the molecule is Cc1nc2ccccc2nc1COC(=O)c1cccc(OCC2CCCO2)c1. The van der Waals surface area contributed by atoms with Gasteiger partial charge in [0.05, 0.1) is 34.1 Å². The fourth-order valence-corrected chi connectivity index (χ4v) is 3.16. The maximum Gasteiger partial charge on any atom is 0.338 e. The van der Waals surface area contributed by atoms with E-state index in [4.69, 9.17) is 14.2 Å². The lowest BCUT2D eigenvalue weighted by molar-refractivity contribution is 0.0465. The average Bonchev–Trinajstić information content (AvgIpc) is 3.24. The normalized spacial score (nSPS) is 16.2. The number of esters is 1. The van der Waals surface area contributed by atoms with Gasteiger partial charge < -0.3 is 14.2 Å². The van der Waals surface area contributed by atoms with Crippen molar-refractivity contribution in [2.75, 3.05) is 13.2 Å². The predicted molar refractivity (Wildman–Crippen MR) is 104 cm³/mol. The number of hydrogen-bond acceptors (Lipinski definition) is 6. The van der Waals surface area contributed by atoms with Crippen molar-refractivity contribution in [2.45, 2.75) is 32.5 Å². The Hall–Kier alpha value is -2.99. The van der Waals surface area contributed by atoms with Crippen LogP contribution in [0.15, 0.2) is 48.5 Å². The Morgan fingerprint density at radius 2 is 1.96 bits per heavy atom. The van der Waals surface area contributed by atoms with Gasteiger partial charge in [-0.25, -0.2) is 14.8 Å². The predicted octanol–water partition coefficient (Wildman–Crippen LogP) is 3.85. The Morgan fingerprint density at radius 1 is 1.14 bits per heavy atom. The fourth-order valence-electron chi connectivity index (χ4n) is 3.16. The zero-order valence-electron chi connectivity index (χ0n) is 15.8. The summed E-state index contributed by atoms with van der Waals surface area (Å²) >= 11 is 0. The molecule has 4 rings (SSSR count). The highest BCUT2D eigenvalue weighted by Crippen LogP contribution is 2.19. The number of aromatic nitrogens is 2. The van der Waals surface area contributed by atoms with Gasteiger partial charge in [-0.2, -0.15) is 0 Å². The van der Waals surface area contributed by atoms with E-state index in [0.717, 1.165) is 36.2 Å². The second-order valence-electron chi connectivity index (χ2n) is 6.79. The van der Waals surface area contributed by atoms with E-state index in [0.29, 0.717) is 23.6 Å². The highest BCUT2D eigenvalue weighted by Gasteiger charge is 2.17. The summed E-state index contributed by atoms with van der Waals surface area (Å²) < 4.78 is 16.8. The maximum absolute atomic E-state index is 12.5. The molecule has 1 aliphatic rings. The van der Waals surface area contributed by atoms with Gasteiger partial charge in [-0.15, -0.1) is 0 Å². The zero-order chi connectivity index (χ0) is 19.3. The topological polar surface area (TPSA) is 70.5 Å². The van der Waals surface area contributed by atoms with Crippen molar-refractivity contribution in [3.63, 3.8) is 0 Å². The minimum absolute atomic E-state index is 0.0729. The molecular formula is C22H22N2O4. The number of para-hydroxylation sites is 2. The van der Waals surface area contributed by atoms with Gasteiger partial charge in [0.2, 0.25) is 0 Å². The van der Waals surface area contributed by atoms with E-state index in [2.05, 4.69) is 9.97 Å². The van der Waals surface area contributed by atoms with Crippen LogP contribution in [0, 0.1) is 6.92 Å². The van der Waals surface area contributed by atoms with Crippen molar-refractivity contribution < 1.29 is 19.0 Å². The summed E-state index contributed by atoms with van der Waals surface area (Å²) in [4.78, 5) is 21.5. The second-order valence-corrected chi connectivity index (χ2v) is 6.79. The first-order valence-corrected chi connectivity index (χ1v) is 9.43. The Balaban J connectivity index is 1.39. The van der Waals surface area contributed by atoms with Gasteiger partial charge in [-0.1, -0.05) is 18.2 Å². The van der Waals surface area contributed by atoms with Crippen molar-refractivity contribution in [2.24, 2.45) is 0 Å². The van der Waals surface area contributed by atoms with Gasteiger partial charge >= 0.3 is 5.97 Å². The molecule has 0 spiro atoms. The molecule has 0 bridgehead atoms. The lowest BCUT2D eigenvalue weighted by Gasteiger charge is -2.12. The molecule has 144 valence electrons. The molecular weight excluding hydrogens is 356 g/mol. The minimum atomic E-state index is -0.420. The summed E-state index contributed by atoms with van der Waals surface area (Å²) in [6.45, 7) is 3.22. The molecule has 0 aliphatic carbocycles. The van der Waals surface area contributed by atoms with E-state index in [9.17, 15) is 4.79 Å². The van der Waals surface area contributed by atoms with Crippen molar-refractivity contribution in [3.05, 3.63) is 65.5 Å². The Labute approximate surface area is 163 Å². The molecule has 1 aromatic heterocycles. The van der Waals surface area contributed by atoms with Crippen molar-refractivity contribution in [1.82, 2.24) is 9.97 Å². The molecule has 2 aromatic carbocycles. The molecule has 0 saturated carbocycles. The van der Waals surface area contributed by atoms with Gasteiger partial charge in [0.15, 0.2) is 0 Å². The first-order valence-electron chi connectivity index (χ1n) is 9.43. The van der Waals surface area contributed by atoms with E-state index in [1.165, 1.54) is 0 Å². The van der Waals surface area contributed by atoms with Gasteiger partial charge in [-0.05, 0) is 50.1 Å². The average molecular weight is 378 g/mol. The van der Waals surface area contributed by atoms with Crippen molar-refractivity contribution in [3.8, 4) is 5.75 Å². The van der Waals surface area contributed by atoms with Gasteiger partial charge in [-0.3, -0.25) is 0 Å². The van der Waals surface area contributed by atoms with Gasteiger partial charge in [0.1, 0.15) is 19.0 Å². The van der Waals surface area contributed by atoms with Crippen LogP contribution in [0.25, 0.3) is 11.0 Å². The van der Waals surface area contributed by atoms with E-state index in [1.807, 2.05) is 37.3 Å². The summed E-state index contributed by atoms with van der Waals surface area (Å²) in [5.74, 6) is 0.212. The molecule has 1 atom stereocenters. The van der Waals surface area contributed by atoms with Crippen LogP contribution >= 0.6 is 0 Å². The molecule has 1 aliphatic heterocycles. The fraction of sp³-hybridized carbons (Fsp3) is 0.318. The third-order valence-electron chi connectivity index (χ3n) is 4.71. The number of rotatable bonds is 6. The van der Waals surface area contributed by atoms with Crippen LogP contribution in [0.1, 0.15) is 34.6 Å². The standard InChI is InChI=1S/C22H22N2O4/c1-15-21(24-20-10-3-2-9-19(20)23-15)14-28-22(25)16-6-4-7-17(12-16)27-13-18-8-5-11-26-18/h2-4,6-7,9-10,12,18H,5,8,11,13-14H2,1H3. The third-order valence-corrected chi connectivity index (χ3v) is 4.71. The molecule has 2 heterocycles. The number of fused-ring (bicyclic) bond motifs is 1. The van der Waals surface area contributed by atoms with Crippen LogP contribution in [-0.4, -0.2) is 35.3 Å². The van der Waals surface area contributed by atoms with Crippen molar-refractivity contribution in [1.29, 1.82) is 0 Å². The summed E-state index contributed by atoms with van der Waals surface area (Å²) in [5, 5.41) is 0. The van der Waals surface area contributed by atoms with E-state index >= 15 is 0 Å². The summed E-state index contributed by atoms with van der Waals surface area (Å²) in [6.07, 6.45) is 2.20. The third kappa shape index (κ3) is 4.28. The van der Waals surface area contributed by atoms with Crippen LogP contribution < -0.4 is 4.74 Å². The van der Waals surface area contributed by atoms with Gasteiger partial charge in [0, 0.05) is 6.61 Å². The highest BCUT2D eigenvalue weighted by molar-refractivity contribution is 5.89. The Kier molecular flexibility index (Phi) is 5.48. The molecule has 28 heavy (non-hydrogen) atoms. The Bertz CT molecular complexity index is 983. The maximum atomic E-state index is 12.5. The van der Waals surface area contributed by atoms with E-state index in [-0.39, 0.29) is 12.7 Å². The molecule has 1 unspecified atom stereocenters. The second kappa shape index (κ2) is 8.35. The lowest BCUT2D eigenvalue weighted by Crippen LogP contribution is -2.16. The number of aryl methyl sites for hydroxylation is 1. The number of carbonyl (C=O) groups is 1. The van der Waals surface area contributed by atoms with Crippen LogP contribution in [0.4, 0.5) is 0 Å². The molecule has 3 aromatic rings. The highest BCUT2D eigenvalue weighted by atomic mass is 16.5. The van der Waals surface area contributed by atoms with Crippen LogP contribution in [0.3, 0.4) is 0 Å². The molecule has 1 saturated heterocycles. The molecule has 0 amide bonds. The first-order chi connectivity index (χ1) is 13.7. The number of nitrogens with zero attached hydrogens (tertiary/aromatic N) is 2. The molecule has 6 nitrogen and oxygen atoms in total. The lowest BCUT2D eigenvalue weighted by atomic mass is 10.2. The monoisotopic (exact) mass is 378 g/mol. The summed E-state index contributed by atoms with van der Waals surface area (Å²) in [7, 11) is 0. The number of hydrogen-bond donors (Lipinski definition) is 0. The Morgan fingerprint density at radius 3 is 2.75 bits per heavy atom. The smallest absolute Gasteiger partial charge is 0.338 e. The quantitative estimate of drug-likeness (QED) is 0.607. The zero-order valence-corrected chi connectivity index (χ0v) is 15.8. The van der Waals surface area contributed by atoms with Crippen LogP contribution in [0.2, 0.25) is 0 Å². The number of carbonyl (C=O) groups excluding carboxylic acids is 1. The molecule has 1 fully saturated rings. The number of ether oxygens (including phenoxy) is 3. The summed E-state index contributed by atoms with van der Waals surface area (Å²) in [5.41, 5.74) is 3.45.